The molecule has 1 aromatic rings. The topological polar surface area (TPSA) is 56.9 Å². The first-order valence-electron chi connectivity index (χ1n) is 3.83. The van der Waals surface area contributed by atoms with Gasteiger partial charge in [-0.1, -0.05) is 17.7 Å². The molecule has 0 saturated carbocycles. The fourth-order valence-electron chi connectivity index (χ4n) is 0.981. The van der Waals surface area contributed by atoms with E-state index in [2.05, 4.69) is 4.98 Å². The second-order valence-corrected chi connectivity index (χ2v) is 3.07. The van der Waals surface area contributed by atoms with Gasteiger partial charge in [0.2, 0.25) is 0 Å². The highest BCUT2D eigenvalue weighted by atomic mass is 35.5. The number of aromatic nitrogens is 1. The summed E-state index contributed by atoms with van der Waals surface area (Å²) in [5.41, 5.74) is 1.30. The fourth-order valence-corrected chi connectivity index (χ4v) is 1.30. The number of hydrogen-bond donors (Lipinski definition) is 1. The second-order valence-electron chi connectivity index (χ2n) is 2.71. The summed E-state index contributed by atoms with van der Waals surface area (Å²) in [5.74, 6) is 0. The van der Waals surface area contributed by atoms with Crippen molar-refractivity contribution >= 4 is 11.6 Å². The molecule has 0 aliphatic heterocycles. The predicted octanol–water partition coefficient (Wildman–Crippen LogP) is 1.99. The zero-order valence-corrected chi connectivity index (χ0v) is 7.91. The predicted molar refractivity (Wildman–Crippen MR) is 49.2 cm³/mol. The highest BCUT2D eigenvalue weighted by Crippen LogP contribution is 2.23. The zero-order valence-electron chi connectivity index (χ0n) is 7.16. The Balaban J connectivity index is 2.96. The van der Waals surface area contributed by atoms with E-state index >= 15 is 0 Å². The summed E-state index contributed by atoms with van der Waals surface area (Å²) < 4.78 is 0. The molecule has 0 aliphatic carbocycles. The molecular weight excluding hydrogens is 188 g/mol. The monoisotopic (exact) mass is 196 g/mol. The molecule has 68 valence electrons. The van der Waals surface area contributed by atoms with Crippen molar-refractivity contribution in [1.29, 1.82) is 5.26 Å². The Morgan fingerprint density at radius 2 is 2.38 bits per heavy atom. The smallest absolute Gasteiger partial charge is 0.135 e. The van der Waals surface area contributed by atoms with Gasteiger partial charge in [-0.2, -0.15) is 5.26 Å². The van der Waals surface area contributed by atoms with Crippen LogP contribution in [-0.4, -0.2) is 10.1 Å². The number of aliphatic hydroxyl groups excluding tert-OH is 1. The standard InChI is InChI=1S/C9H9ClN2O/c1-6-2-3-7(9(10)12-6)8(13)4-5-11/h2-3,8,13H,4H2,1H3. The normalized spacial score (nSPS) is 12.2. The molecule has 1 unspecified atom stereocenters. The van der Waals surface area contributed by atoms with Gasteiger partial charge in [0, 0.05) is 11.3 Å². The van der Waals surface area contributed by atoms with E-state index < -0.39 is 6.10 Å². The van der Waals surface area contributed by atoms with E-state index in [0.717, 1.165) is 5.69 Å². The zero-order chi connectivity index (χ0) is 9.84. The summed E-state index contributed by atoms with van der Waals surface area (Å²) in [7, 11) is 0. The van der Waals surface area contributed by atoms with Crippen LogP contribution in [0.1, 0.15) is 23.8 Å². The Kier molecular flexibility index (Phi) is 3.24. The van der Waals surface area contributed by atoms with Gasteiger partial charge in [-0.15, -0.1) is 0 Å². The molecule has 3 nitrogen and oxygen atoms in total. The molecule has 4 heteroatoms. The van der Waals surface area contributed by atoms with E-state index in [0.29, 0.717) is 5.56 Å². The van der Waals surface area contributed by atoms with Gasteiger partial charge in [0.25, 0.3) is 0 Å². The van der Waals surface area contributed by atoms with E-state index in [1.54, 1.807) is 12.1 Å². The van der Waals surface area contributed by atoms with Gasteiger partial charge in [0.1, 0.15) is 5.15 Å². The molecule has 1 heterocycles. The van der Waals surface area contributed by atoms with E-state index in [9.17, 15) is 5.11 Å². The van der Waals surface area contributed by atoms with Crippen LogP contribution in [0.2, 0.25) is 5.15 Å². The van der Waals surface area contributed by atoms with Crippen LogP contribution < -0.4 is 0 Å². The van der Waals surface area contributed by atoms with Crippen molar-refractivity contribution in [1.82, 2.24) is 4.98 Å². The van der Waals surface area contributed by atoms with Crippen molar-refractivity contribution in [3.63, 3.8) is 0 Å². The minimum absolute atomic E-state index is 0.0322. The van der Waals surface area contributed by atoms with Crippen LogP contribution in [-0.2, 0) is 0 Å². The van der Waals surface area contributed by atoms with Gasteiger partial charge >= 0.3 is 0 Å². The number of nitriles is 1. The average molecular weight is 197 g/mol. The highest BCUT2D eigenvalue weighted by Gasteiger charge is 2.11. The van der Waals surface area contributed by atoms with Crippen LogP contribution in [0.15, 0.2) is 12.1 Å². The number of aryl methyl sites for hydroxylation is 1. The van der Waals surface area contributed by atoms with Crippen LogP contribution in [0, 0.1) is 18.3 Å². The molecular formula is C9H9ClN2O. The Labute approximate surface area is 81.6 Å². The van der Waals surface area contributed by atoms with Crippen molar-refractivity contribution in [2.45, 2.75) is 19.4 Å². The van der Waals surface area contributed by atoms with Crippen molar-refractivity contribution in [2.75, 3.05) is 0 Å². The highest BCUT2D eigenvalue weighted by molar-refractivity contribution is 6.30. The number of nitrogens with zero attached hydrogens (tertiary/aromatic N) is 2. The number of rotatable bonds is 2. The van der Waals surface area contributed by atoms with Crippen molar-refractivity contribution in [3.05, 3.63) is 28.5 Å². The van der Waals surface area contributed by atoms with Gasteiger partial charge in [-0.05, 0) is 13.0 Å². The number of hydrogen-bond acceptors (Lipinski definition) is 3. The average Bonchev–Trinajstić information content (AvgIpc) is 2.04. The molecule has 0 fully saturated rings. The maximum atomic E-state index is 9.45. The Morgan fingerprint density at radius 1 is 1.69 bits per heavy atom. The Hall–Kier alpha value is -1.11. The van der Waals surface area contributed by atoms with Gasteiger partial charge < -0.3 is 5.11 Å². The molecule has 13 heavy (non-hydrogen) atoms. The first-order valence-corrected chi connectivity index (χ1v) is 4.21. The largest absolute Gasteiger partial charge is 0.387 e. The van der Waals surface area contributed by atoms with E-state index in [-0.39, 0.29) is 11.6 Å². The third kappa shape index (κ3) is 2.41. The summed E-state index contributed by atoms with van der Waals surface area (Å²) in [6.45, 7) is 1.81. The second kappa shape index (κ2) is 4.22. The Bertz CT molecular complexity index is 346. The molecule has 1 rings (SSSR count). The summed E-state index contributed by atoms with van der Waals surface area (Å²) in [6.07, 6.45) is -0.810. The van der Waals surface area contributed by atoms with Gasteiger partial charge in [0.15, 0.2) is 0 Å². The van der Waals surface area contributed by atoms with Crippen LogP contribution in [0.25, 0.3) is 0 Å². The Morgan fingerprint density at radius 3 is 2.92 bits per heavy atom. The number of aliphatic hydroxyl groups is 1. The summed E-state index contributed by atoms with van der Waals surface area (Å²) in [5, 5.41) is 18.1. The quantitative estimate of drug-likeness (QED) is 0.736. The third-order valence-electron chi connectivity index (χ3n) is 1.66. The molecule has 0 spiro atoms. The molecule has 0 bridgehead atoms. The molecule has 0 amide bonds. The van der Waals surface area contributed by atoms with E-state index in [4.69, 9.17) is 16.9 Å². The maximum absolute atomic E-state index is 9.45. The van der Waals surface area contributed by atoms with E-state index in [1.807, 2.05) is 13.0 Å². The lowest BCUT2D eigenvalue weighted by Crippen LogP contribution is -1.99. The summed E-state index contributed by atoms with van der Waals surface area (Å²) >= 11 is 5.78. The minimum Gasteiger partial charge on any atom is -0.387 e. The third-order valence-corrected chi connectivity index (χ3v) is 1.96. The van der Waals surface area contributed by atoms with Crippen LogP contribution in [0.3, 0.4) is 0 Å². The first-order chi connectivity index (χ1) is 6.15. The number of pyridine rings is 1. The summed E-state index contributed by atoms with van der Waals surface area (Å²) in [6, 6.07) is 5.31. The summed E-state index contributed by atoms with van der Waals surface area (Å²) in [4.78, 5) is 3.97. The molecule has 0 radical (unpaired) electrons. The van der Waals surface area contributed by atoms with Gasteiger partial charge in [0.05, 0.1) is 18.6 Å². The lowest BCUT2D eigenvalue weighted by molar-refractivity contribution is 0.183. The van der Waals surface area contributed by atoms with Gasteiger partial charge in [-0.25, -0.2) is 4.98 Å². The fraction of sp³-hybridized carbons (Fsp3) is 0.333. The molecule has 1 atom stereocenters. The van der Waals surface area contributed by atoms with Crippen LogP contribution >= 0.6 is 11.6 Å². The number of halogens is 1. The molecule has 1 N–H and O–H groups in total. The lowest BCUT2D eigenvalue weighted by Gasteiger charge is -2.08. The van der Waals surface area contributed by atoms with Crippen LogP contribution in [0.5, 0.6) is 0 Å². The SMILES string of the molecule is Cc1ccc(C(O)CC#N)c(Cl)n1. The first kappa shape index (κ1) is 9.97. The molecule has 1 aromatic heterocycles. The molecule has 0 aromatic carbocycles. The molecule has 0 saturated heterocycles. The van der Waals surface area contributed by atoms with Crippen molar-refractivity contribution < 1.29 is 5.11 Å². The van der Waals surface area contributed by atoms with Crippen molar-refractivity contribution in [2.24, 2.45) is 0 Å². The minimum atomic E-state index is -0.842. The molecule has 0 aliphatic rings. The van der Waals surface area contributed by atoms with Crippen LogP contribution in [0.4, 0.5) is 0 Å². The van der Waals surface area contributed by atoms with Gasteiger partial charge in [-0.3, -0.25) is 0 Å². The van der Waals surface area contributed by atoms with Crippen molar-refractivity contribution in [3.8, 4) is 6.07 Å². The maximum Gasteiger partial charge on any atom is 0.135 e. The lowest BCUT2D eigenvalue weighted by atomic mass is 10.1. The van der Waals surface area contributed by atoms with E-state index in [1.165, 1.54) is 0 Å².